The van der Waals surface area contributed by atoms with Gasteiger partial charge in [0, 0.05) is 10.2 Å². The molecule has 2 aromatic heterocycles. The molecule has 0 spiro atoms. The number of aromatic nitrogens is 2. The van der Waals surface area contributed by atoms with E-state index in [1.165, 1.54) is 34.1 Å². The molecule has 0 aliphatic rings. The summed E-state index contributed by atoms with van der Waals surface area (Å²) in [5.41, 5.74) is 0.522. The number of nitrogens with one attached hydrogen (secondary N) is 1. The Balaban J connectivity index is 1.82. The topological polar surface area (TPSA) is 73.1 Å². The van der Waals surface area contributed by atoms with Gasteiger partial charge in [0.1, 0.15) is 17.1 Å². The molecule has 0 saturated carbocycles. The molecule has 0 bridgehead atoms. The first kappa shape index (κ1) is 20.2. The average Bonchev–Trinajstić information content (AvgIpc) is 3.17. The minimum Gasteiger partial charge on any atom is -0.324 e. The summed E-state index contributed by atoms with van der Waals surface area (Å²) >= 11 is 4.53. The lowest BCUT2D eigenvalue weighted by molar-refractivity contribution is -0.116. The van der Waals surface area contributed by atoms with Gasteiger partial charge in [-0.3, -0.25) is 14.2 Å². The number of carbonyl (C=O) groups is 1. The molecule has 4 rings (SSSR count). The highest BCUT2D eigenvalue weighted by atomic mass is 79.9. The van der Waals surface area contributed by atoms with Crippen LogP contribution >= 0.6 is 27.3 Å². The Morgan fingerprint density at radius 3 is 2.70 bits per heavy atom. The molecule has 30 heavy (non-hydrogen) atoms. The first-order valence-electron chi connectivity index (χ1n) is 8.90. The zero-order chi connectivity index (χ0) is 21.4. The molecule has 0 fully saturated rings. The maximum atomic E-state index is 13.5. The molecular weight excluding hydrogens is 473 g/mol. The quantitative estimate of drug-likeness (QED) is 0.471. The number of nitrogens with zero attached hydrogens (tertiary/aromatic N) is 2. The smallest absolute Gasteiger partial charge is 0.324 e. The number of anilines is 1. The molecule has 1 N–H and O–H groups in total. The van der Waals surface area contributed by atoms with Crippen molar-refractivity contribution in [1.82, 2.24) is 9.13 Å². The molecule has 6 nitrogen and oxygen atoms in total. The number of thiophene rings is 1. The summed E-state index contributed by atoms with van der Waals surface area (Å²) in [5.74, 6) is -0.876. The zero-order valence-electron chi connectivity index (χ0n) is 15.7. The first-order valence-corrected chi connectivity index (χ1v) is 10.6. The molecule has 0 radical (unpaired) electrons. The van der Waals surface area contributed by atoms with Crippen molar-refractivity contribution in [3.8, 4) is 5.69 Å². The summed E-state index contributed by atoms with van der Waals surface area (Å²) < 4.78 is 16.9. The van der Waals surface area contributed by atoms with E-state index in [1.54, 1.807) is 36.6 Å². The molecule has 4 aromatic rings. The number of hydrogen-bond acceptors (Lipinski definition) is 4. The number of fused-ring (bicyclic) bond motifs is 1. The zero-order valence-corrected chi connectivity index (χ0v) is 18.1. The maximum Gasteiger partial charge on any atom is 0.336 e. The van der Waals surface area contributed by atoms with Gasteiger partial charge in [0.15, 0.2) is 0 Å². The van der Waals surface area contributed by atoms with Crippen LogP contribution < -0.4 is 16.6 Å². The number of hydrogen-bond donors (Lipinski definition) is 1. The second kappa shape index (κ2) is 8.00. The number of rotatable bonds is 4. The van der Waals surface area contributed by atoms with Gasteiger partial charge in [-0.1, -0.05) is 22.0 Å². The van der Waals surface area contributed by atoms with Crippen LogP contribution in [0.5, 0.6) is 0 Å². The third-order valence-corrected chi connectivity index (χ3v) is 5.95. The van der Waals surface area contributed by atoms with Gasteiger partial charge >= 0.3 is 5.69 Å². The van der Waals surface area contributed by atoms with Crippen molar-refractivity contribution in [3.63, 3.8) is 0 Å². The van der Waals surface area contributed by atoms with E-state index < -0.39 is 23.0 Å². The average molecular weight is 488 g/mol. The van der Waals surface area contributed by atoms with Gasteiger partial charge in [-0.05, 0) is 60.3 Å². The Morgan fingerprint density at radius 1 is 1.17 bits per heavy atom. The van der Waals surface area contributed by atoms with E-state index in [9.17, 15) is 18.8 Å². The van der Waals surface area contributed by atoms with Gasteiger partial charge in [-0.25, -0.2) is 13.8 Å². The van der Waals surface area contributed by atoms with Crippen LogP contribution in [0.3, 0.4) is 0 Å². The Kier molecular flexibility index (Phi) is 5.40. The van der Waals surface area contributed by atoms with Gasteiger partial charge in [0.25, 0.3) is 5.56 Å². The molecule has 9 heteroatoms. The van der Waals surface area contributed by atoms with Crippen molar-refractivity contribution in [2.24, 2.45) is 0 Å². The van der Waals surface area contributed by atoms with Gasteiger partial charge < -0.3 is 5.32 Å². The highest BCUT2D eigenvalue weighted by Crippen LogP contribution is 2.19. The largest absolute Gasteiger partial charge is 0.336 e. The fourth-order valence-electron chi connectivity index (χ4n) is 3.23. The van der Waals surface area contributed by atoms with E-state index in [0.29, 0.717) is 21.5 Å². The van der Waals surface area contributed by atoms with Crippen molar-refractivity contribution >= 4 is 49.1 Å². The standard InChI is InChI=1S/C21H15BrFN3O3S/c1-12-9-14(23)5-6-16(12)26-20(28)19-17(7-8-30-19)25(21(26)29)11-18(27)24-15-4-2-3-13(22)10-15/h2-10H,11H2,1H3,(H,24,27). The Morgan fingerprint density at radius 2 is 1.97 bits per heavy atom. The van der Waals surface area contributed by atoms with Crippen molar-refractivity contribution in [2.45, 2.75) is 13.5 Å². The number of benzene rings is 2. The highest BCUT2D eigenvalue weighted by molar-refractivity contribution is 9.10. The minimum atomic E-state index is -0.662. The second-order valence-corrected chi connectivity index (χ2v) is 8.47. The molecule has 152 valence electrons. The lowest BCUT2D eigenvalue weighted by Crippen LogP contribution is -2.40. The van der Waals surface area contributed by atoms with Crippen LogP contribution in [0.1, 0.15) is 5.56 Å². The van der Waals surface area contributed by atoms with Crippen molar-refractivity contribution in [2.75, 3.05) is 5.32 Å². The van der Waals surface area contributed by atoms with E-state index >= 15 is 0 Å². The van der Waals surface area contributed by atoms with Crippen LogP contribution in [0.15, 0.2) is 68.0 Å². The fourth-order valence-corrected chi connectivity index (χ4v) is 4.46. The maximum absolute atomic E-state index is 13.5. The van der Waals surface area contributed by atoms with Crippen molar-refractivity contribution in [3.05, 3.63) is 90.6 Å². The van der Waals surface area contributed by atoms with Gasteiger partial charge in [-0.2, -0.15) is 0 Å². The first-order chi connectivity index (χ1) is 14.3. The minimum absolute atomic E-state index is 0.279. The van der Waals surface area contributed by atoms with Crippen LogP contribution in [0.4, 0.5) is 10.1 Å². The third-order valence-electron chi connectivity index (χ3n) is 4.56. The van der Waals surface area contributed by atoms with Crippen LogP contribution in [0.2, 0.25) is 0 Å². The molecule has 0 saturated heterocycles. The van der Waals surface area contributed by atoms with Gasteiger partial charge in [-0.15, -0.1) is 11.3 Å². The lowest BCUT2D eigenvalue weighted by atomic mass is 10.2. The normalized spacial score (nSPS) is 11.0. The highest BCUT2D eigenvalue weighted by Gasteiger charge is 2.18. The number of aryl methyl sites for hydroxylation is 1. The number of halogens is 2. The summed E-state index contributed by atoms with van der Waals surface area (Å²) in [6, 6.07) is 12.5. The molecule has 0 aliphatic carbocycles. The van der Waals surface area contributed by atoms with Crippen LogP contribution in [0, 0.1) is 12.7 Å². The third kappa shape index (κ3) is 3.73. The van der Waals surface area contributed by atoms with E-state index in [-0.39, 0.29) is 12.2 Å². The fraction of sp³-hybridized carbons (Fsp3) is 0.0952. The molecular formula is C21H15BrFN3O3S. The summed E-state index contributed by atoms with van der Waals surface area (Å²) in [4.78, 5) is 38.8. The number of carbonyl (C=O) groups excluding carboxylic acids is 1. The molecule has 2 aromatic carbocycles. The Hall–Kier alpha value is -3.04. The van der Waals surface area contributed by atoms with Crippen molar-refractivity contribution in [1.29, 1.82) is 0 Å². The monoisotopic (exact) mass is 487 g/mol. The number of amides is 1. The summed E-state index contributed by atoms with van der Waals surface area (Å²) in [5, 5.41) is 4.44. The van der Waals surface area contributed by atoms with Crippen molar-refractivity contribution < 1.29 is 9.18 Å². The van der Waals surface area contributed by atoms with E-state index in [2.05, 4.69) is 21.2 Å². The summed E-state index contributed by atoms with van der Waals surface area (Å²) in [6.07, 6.45) is 0. The molecule has 0 aliphatic heterocycles. The molecule has 0 unspecified atom stereocenters. The Bertz CT molecular complexity index is 1410. The SMILES string of the molecule is Cc1cc(F)ccc1-n1c(=O)c2sccc2n(CC(=O)Nc2cccc(Br)c2)c1=O. The predicted molar refractivity (Wildman–Crippen MR) is 119 cm³/mol. The van der Waals surface area contributed by atoms with Crippen LogP contribution in [-0.4, -0.2) is 15.0 Å². The van der Waals surface area contributed by atoms with E-state index in [4.69, 9.17) is 0 Å². The van der Waals surface area contributed by atoms with Gasteiger partial charge in [0.2, 0.25) is 5.91 Å². The summed E-state index contributed by atoms with van der Waals surface area (Å²) in [6.45, 7) is 1.34. The molecule has 0 atom stereocenters. The van der Waals surface area contributed by atoms with Gasteiger partial charge in [0.05, 0.1) is 11.2 Å². The second-order valence-electron chi connectivity index (χ2n) is 6.63. The molecule has 1 amide bonds. The van der Waals surface area contributed by atoms with Crippen LogP contribution in [-0.2, 0) is 11.3 Å². The molecule has 2 heterocycles. The van der Waals surface area contributed by atoms with E-state index in [1.807, 2.05) is 6.07 Å². The predicted octanol–water partition coefficient (Wildman–Crippen LogP) is 4.06. The Labute approximate surface area is 182 Å². The summed E-state index contributed by atoms with van der Waals surface area (Å²) in [7, 11) is 0. The van der Waals surface area contributed by atoms with E-state index in [0.717, 1.165) is 9.04 Å². The van der Waals surface area contributed by atoms with Crippen LogP contribution in [0.25, 0.3) is 15.9 Å². The lowest BCUT2D eigenvalue weighted by Gasteiger charge is -2.14.